The molecule has 100 valence electrons. The lowest BCUT2D eigenvalue weighted by molar-refractivity contribution is 0.168. The molecule has 2 aromatic rings. The molecule has 1 amide bonds. The number of hydrogen-bond donors (Lipinski definition) is 1. The Labute approximate surface area is 110 Å². The minimum Gasteiger partial charge on any atom is -0.450 e. The van der Waals surface area contributed by atoms with Gasteiger partial charge in [-0.2, -0.15) is 0 Å². The highest BCUT2D eigenvalue weighted by atomic mass is 16.5. The third-order valence-electron chi connectivity index (χ3n) is 2.98. The van der Waals surface area contributed by atoms with Crippen molar-refractivity contribution in [1.82, 2.24) is 0 Å². The number of ether oxygens (including phenoxy) is 1. The third-order valence-corrected chi connectivity index (χ3v) is 2.98. The summed E-state index contributed by atoms with van der Waals surface area (Å²) in [5, 5.41) is 3.42. The van der Waals surface area contributed by atoms with E-state index in [0.29, 0.717) is 23.4 Å². The Balaban J connectivity index is 2.44. The van der Waals surface area contributed by atoms with Gasteiger partial charge in [0.15, 0.2) is 0 Å². The van der Waals surface area contributed by atoms with Crippen molar-refractivity contribution in [2.45, 2.75) is 20.8 Å². The van der Waals surface area contributed by atoms with Gasteiger partial charge in [-0.15, -0.1) is 0 Å². The normalized spacial score (nSPS) is 10.5. The van der Waals surface area contributed by atoms with Crippen molar-refractivity contribution in [3.63, 3.8) is 0 Å². The first-order chi connectivity index (χ1) is 9.02. The van der Waals surface area contributed by atoms with Crippen LogP contribution in [0.1, 0.15) is 18.1 Å². The van der Waals surface area contributed by atoms with Gasteiger partial charge in [-0.05, 0) is 38.5 Å². The maximum atomic E-state index is 11.6. The van der Waals surface area contributed by atoms with E-state index >= 15 is 0 Å². The number of carbonyl (C=O) groups is 1. The Morgan fingerprint density at radius 1 is 1.32 bits per heavy atom. The van der Waals surface area contributed by atoms with E-state index in [1.807, 2.05) is 13.0 Å². The molecule has 0 spiro atoms. The summed E-state index contributed by atoms with van der Waals surface area (Å²) in [7, 11) is 0. The number of carbonyl (C=O) groups excluding carboxylic acids is 1. The molecular formula is C14H15NO4. The predicted octanol–water partition coefficient (Wildman–Crippen LogP) is 2.98. The van der Waals surface area contributed by atoms with Crippen LogP contribution in [0.4, 0.5) is 10.5 Å². The average Bonchev–Trinajstić information content (AvgIpc) is 2.36. The highest BCUT2D eigenvalue weighted by Crippen LogP contribution is 2.22. The van der Waals surface area contributed by atoms with E-state index < -0.39 is 6.09 Å². The van der Waals surface area contributed by atoms with Gasteiger partial charge in [0, 0.05) is 22.7 Å². The molecule has 0 atom stereocenters. The summed E-state index contributed by atoms with van der Waals surface area (Å²) in [6.07, 6.45) is -0.534. The molecule has 19 heavy (non-hydrogen) atoms. The van der Waals surface area contributed by atoms with Crippen molar-refractivity contribution in [3.05, 3.63) is 39.7 Å². The van der Waals surface area contributed by atoms with Crippen LogP contribution in [0.3, 0.4) is 0 Å². The number of aryl methyl sites for hydroxylation is 1. The molecule has 1 heterocycles. The van der Waals surface area contributed by atoms with Crippen LogP contribution in [0.5, 0.6) is 0 Å². The number of rotatable bonds is 2. The largest absolute Gasteiger partial charge is 0.450 e. The molecule has 0 aliphatic rings. The van der Waals surface area contributed by atoms with Crippen LogP contribution >= 0.6 is 0 Å². The molecule has 1 N–H and O–H groups in total. The average molecular weight is 261 g/mol. The zero-order chi connectivity index (χ0) is 14.0. The van der Waals surface area contributed by atoms with Crippen molar-refractivity contribution in [3.8, 4) is 0 Å². The molecule has 0 saturated carbocycles. The molecule has 5 nitrogen and oxygen atoms in total. The summed E-state index contributed by atoms with van der Waals surface area (Å²) in [5.41, 5.74) is 2.09. The van der Waals surface area contributed by atoms with Crippen LogP contribution < -0.4 is 10.9 Å². The number of nitrogens with one attached hydrogen (secondary N) is 1. The van der Waals surface area contributed by atoms with Gasteiger partial charge in [-0.3, -0.25) is 5.32 Å². The summed E-state index contributed by atoms with van der Waals surface area (Å²) >= 11 is 0. The van der Waals surface area contributed by atoms with Crippen molar-refractivity contribution in [2.75, 3.05) is 11.9 Å². The maximum Gasteiger partial charge on any atom is 0.411 e. The van der Waals surface area contributed by atoms with E-state index in [1.165, 1.54) is 0 Å². The fourth-order valence-corrected chi connectivity index (χ4v) is 1.81. The number of amides is 1. The zero-order valence-corrected chi connectivity index (χ0v) is 11.1. The molecule has 1 aromatic carbocycles. The molecule has 0 aliphatic carbocycles. The van der Waals surface area contributed by atoms with Crippen LogP contribution in [0, 0.1) is 13.8 Å². The predicted molar refractivity (Wildman–Crippen MR) is 72.6 cm³/mol. The van der Waals surface area contributed by atoms with Crippen molar-refractivity contribution < 1.29 is 13.9 Å². The standard InChI is InChI=1S/C14H15NO4/c1-4-18-14(17)15-10-5-6-11-8(2)9(3)13(16)19-12(11)7-10/h5-7H,4H2,1-3H3,(H,15,17). The Morgan fingerprint density at radius 3 is 2.74 bits per heavy atom. The summed E-state index contributed by atoms with van der Waals surface area (Å²) in [6.45, 7) is 5.62. The van der Waals surface area contributed by atoms with Gasteiger partial charge >= 0.3 is 11.7 Å². The van der Waals surface area contributed by atoms with Gasteiger partial charge < -0.3 is 9.15 Å². The van der Waals surface area contributed by atoms with Gasteiger partial charge in [0.05, 0.1) is 6.61 Å². The van der Waals surface area contributed by atoms with Crippen LogP contribution in [-0.4, -0.2) is 12.7 Å². The van der Waals surface area contributed by atoms with Gasteiger partial charge in [-0.1, -0.05) is 0 Å². The maximum absolute atomic E-state index is 11.6. The molecule has 0 aliphatic heterocycles. The summed E-state index contributed by atoms with van der Waals surface area (Å²) in [5.74, 6) is 0. The Hall–Kier alpha value is -2.30. The summed E-state index contributed by atoms with van der Waals surface area (Å²) in [4.78, 5) is 22.9. The lowest BCUT2D eigenvalue weighted by Crippen LogP contribution is -2.13. The van der Waals surface area contributed by atoms with Crippen molar-refractivity contribution in [1.29, 1.82) is 0 Å². The molecule has 5 heteroatoms. The lowest BCUT2D eigenvalue weighted by Gasteiger charge is -2.08. The molecule has 0 saturated heterocycles. The van der Waals surface area contributed by atoms with Gasteiger partial charge in [0.25, 0.3) is 0 Å². The SMILES string of the molecule is CCOC(=O)Nc1ccc2c(C)c(C)c(=O)oc2c1. The number of hydrogen-bond acceptors (Lipinski definition) is 4. The van der Waals surface area contributed by atoms with Gasteiger partial charge in [0.2, 0.25) is 0 Å². The minimum atomic E-state index is -0.534. The number of anilines is 1. The summed E-state index contributed by atoms with van der Waals surface area (Å²) < 4.78 is 9.99. The second kappa shape index (κ2) is 5.14. The second-order valence-electron chi connectivity index (χ2n) is 4.20. The van der Waals surface area contributed by atoms with Crippen LogP contribution in [0.15, 0.2) is 27.4 Å². The van der Waals surface area contributed by atoms with Crippen molar-refractivity contribution in [2.24, 2.45) is 0 Å². The van der Waals surface area contributed by atoms with E-state index in [2.05, 4.69) is 5.32 Å². The first-order valence-corrected chi connectivity index (χ1v) is 6.00. The second-order valence-corrected chi connectivity index (χ2v) is 4.20. The van der Waals surface area contributed by atoms with E-state index in [0.717, 1.165) is 10.9 Å². The van der Waals surface area contributed by atoms with E-state index in [4.69, 9.17) is 9.15 Å². The molecule has 0 unspecified atom stereocenters. The topological polar surface area (TPSA) is 68.5 Å². The van der Waals surface area contributed by atoms with Gasteiger partial charge in [0.1, 0.15) is 5.58 Å². The molecular weight excluding hydrogens is 246 g/mol. The first kappa shape index (κ1) is 13.1. The smallest absolute Gasteiger partial charge is 0.411 e. The van der Waals surface area contributed by atoms with E-state index in [-0.39, 0.29) is 5.63 Å². The van der Waals surface area contributed by atoms with Gasteiger partial charge in [-0.25, -0.2) is 9.59 Å². The fourth-order valence-electron chi connectivity index (χ4n) is 1.81. The lowest BCUT2D eigenvalue weighted by atomic mass is 10.1. The number of benzene rings is 1. The quantitative estimate of drug-likeness (QED) is 0.844. The molecule has 0 radical (unpaired) electrons. The zero-order valence-electron chi connectivity index (χ0n) is 11.1. The van der Waals surface area contributed by atoms with Crippen LogP contribution in [-0.2, 0) is 4.74 Å². The summed E-state index contributed by atoms with van der Waals surface area (Å²) in [6, 6.07) is 5.16. The monoisotopic (exact) mass is 261 g/mol. The molecule has 2 rings (SSSR count). The van der Waals surface area contributed by atoms with Crippen molar-refractivity contribution >= 4 is 22.7 Å². The highest BCUT2D eigenvalue weighted by molar-refractivity contribution is 5.90. The molecule has 0 bridgehead atoms. The molecule has 0 fully saturated rings. The first-order valence-electron chi connectivity index (χ1n) is 6.00. The minimum absolute atomic E-state index is 0.298. The highest BCUT2D eigenvalue weighted by Gasteiger charge is 2.09. The third kappa shape index (κ3) is 2.59. The Morgan fingerprint density at radius 2 is 2.05 bits per heavy atom. The Bertz CT molecular complexity index is 688. The fraction of sp³-hybridized carbons (Fsp3) is 0.286. The van der Waals surface area contributed by atoms with Crippen LogP contribution in [0.25, 0.3) is 11.0 Å². The Kier molecular flexibility index (Phi) is 3.55. The van der Waals surface area contributed by atoms with E-state index in [9.17, 15) is 9.59 Å². The van der Waals surface area contributed by atoms with Crippen LogP contribution in [0.2, 0.25) is 0 Å². The molecule has 1 aromatic heterocycles. The van der Waals surface area contributed by atoms with E-state index in [1.54, 1.807) is 26.0 Å². The number of fused-ring (bicyclic) bond motifs is 1.